The summed E-state index contributed by atoms with van der Waals surface area (Å²) in [4.78, 5) is 0. The molecule has 0 heterocycles. The van der Waals surface area contributed by atoms with Crippen LogP contribution in [0.25, 0.3) is 0 Å². The highest BCUT2D eigenvalue weighted by Gasteiger charge is 2.18. The van der Waals surface area contributed by atoms with Crippen molar-refractivity contribution in [3.8, 4) is 0 Å². The van der Waals surface area contributed by atoms with E-state index in [0.717, 1.165) is 17.1 Å². The van der Waals surface area contributed by atoms with E-state index in [0.29, 0.717) is 0 Å². The fourth-order valence-corrected chi connectivity index (χ4v) is 4.70. The van der Waals surface area contributed by atoms with Crippen LogP contribution >= 0.6 is 27.7 Å². The van der Waals surface area contributed by atoms with Crippen LogP contribution in [0.2, 0.25) is 0 Å². The summed E-state index contributed by atoms with van der Waals surface area (Å²) in [6, 6.07) is 0. The van der Waals surface area contributed by atoms with Gasteiger partial charge in [-0.3, -0.25) is 0 Å². The zero-order valence-corrected chi connectivity index (χ0v) is 11.2. The maximum atomic E-state index is 3.61. The van der Waals surface area contributed by atoms with Gasteiger partial charge in [0.1, 0.15) is 0 Å². The molecule has 0 N–H and O–H groups in total. The Hall–Kier alpha value is 0.830. The molecule has 0 radical (unpaired) electrons. The summed E-state index contributed by atoms with van der Waals surface area (Å²) >= 11 is 5.83. The topological polar surface area (TPSA) is 0 Å². The highest BCUT2D eigenvalue weighted by atomic mass is 79.9. The summed E-state index contributed by atoms with van der Waals surface area (Å²) in [6.07, 6.45) is 5.88. The lowest BCUT2D eigenvalue weighted by atomic mass is 10.0. The van der Waals surface area contributed by atoms with Gasteiger partial charge in [-0.25, -0.2) is 0 Å². The Morgan fingerprint density at radius 2 is 1.92 bits per heavy atom. The Morgan fingerprint density at radius 1 is 1.31 bits per heavy atom. The zero-order valence-electron chi connectivity index (χ0n) is 8.76. The summed E-state index contributed by atoms with van der Waals surface area (Å²) in [7, 11) is 0. The van der Waals surface area contributed by atoms with Crippen LogP contribution in [0.1, 0.15) is 39.5 Å². The first-order valence-corrected chi connectivity index (χ1v) is 7.58. The maximum absolute atomic E-state index is 3.61. The van der Waals surface area contributed by atoms with E-state index in [1.165, 1.54) is 36.8 Å². The molecule has 1 atom stereocenters. The Bertz CT molecular complexity index is 130. The zero-order chi connectivity index (χ0) is 9.68. The predicted molar refractivity (Wildman–Crippen MR) is 66.8 cm³/mol. The normalized spacial score (nSPS) is 21.2. The minimum absolute atomic E-state index is 0.827. The Labute approximate surface area is 95.4 Å². The van der Waals surface area contributed by atoms with Crippen LogP contribution in [0.5, 0.6) is 0 Å². The summed E-state index contributed by atoms with van der Waals surface area (Å²) in [5.41, 5.74) is 0. The minimum atomic E-state index is 0.827. The standard InChI is InChI=1S/C11H21BrS/c1-9(2)10(7-12)8-13-11-5-3-4-6-11/h9-11H,3-8H2,1-2H3. The molecule has 1 fully saturated rings. The van der Waals surface area contributed by atoms with E-state index in [9.17, 15) is 0 Å². The molecule has 0 aromatic carbocycles. The molecule has 0 nitrogen and oxygen atoms in total. The molecule has 0 saturated heterocycles. The molecule has 1 rings (SSSR count). The van der Waals surface area contributed by atoms with Crippen molar-refractivity contribution in [2.24, 2.45) is 11.8 Å². The SMILES string of the molecule is CC(C)C(CBr)CSC1CCCC1. The second-order valence-electron chi connectivity index (χ2n) is 4.40. The molecule has 1 aliphatic carbocycles. The van der Waals surface area contributed by atoms with E-state index < -0.39 is 0 Å². The molecule has 0 aromatic rings. The molecule has 1 saturated carbocycles. The van der Waals surface area contributed by atoms with Gasteiger partial charge in [0.25, 0.3) is 0 Å². The van der Waals surface area contributed by atoms with E-state index >= 15 is 0 Å². The van der Waals surface area contributed by atoms with Gasteiger partial charge in [0.05, 0.1) is 0 Å². The summed E-state index contributed by atoms with van der Waals surface area (Å²) < 4.78 is 0. The first-order chi connectivity index (χ1) is 6.24. The Kier molecular flexibility index (Phi) is 5.80. The third kappa shape index (κ3) is 4.24. The summed E-state index contributed by atoms with van der Waals surface area (Å²) in [6.45, 7) is 4.67. The molecule has 2 heteroatoms. The van der Waals surface area contributed by atoms with Gasteiger partial charge in [-0.05, 0) is 30.4 Å². The average molecular weight is 265 g/mol. The number of hydrogen-bond donors (Lipinski definition) is 0. The molecule has 13 heavy (non-hydrogen) atoms. The van der Waals surface area contributed by atoms with E-state index in [-0.39, 0.29) is 0 Å². The van der Waals surface area contributed by atoms with Gasteiger partial charge in [-0.15, -0.1) is 0 Å². The van der Waals surface area contributed by atoms with Crippen LogP contribution in [0.3, 0.4) is 0 Å². The van der Waals surface area contributed by atoms with Gasteiger partial charge < -0.3 is 0 Å². The van der Waals surface area contributed by atoms with Gasteiger partial charge in [-0.1, -0.05) is 42.6 Å². The first kappa shape index (κ1) is 11.9. The first-order valence-electron chi connectivity index (χ1n) is 5.41. The fourth-order valence-electron chi connectivity index (χ4n) is 1.73. The molecule has 0 bridgehead atoms. The van der Waals surface area contributed by atoms with Gasteiger partial charge in [0.2, 0.25) is 0 Å². The Balaban J connectivity index is 2.15. The van der Waals surface area contributed by atoms with Crippen LogP contribution in [0.4, 0.5) is 0 Å². The molecular weight excluding hydrogens is 244 g/mol. The molecule has 1 unspecified atom stereocenters. The van der Waals surface area contributed by atoms with Crippen molar-refractivity contribution < 1.29 is 0 Å². The van der Waals surface area contributed by atoms with Crippen LogP contribution in [-0.4, -0.2) is 16.3 Å². The van der Waals surface area contributed by atoms with E-state index in [1.54, 1.807) is 0 Å². The number of halogens is 1. The minimum Gasteiger partial charge on any atom is -0.158 e. The van der Waals surface area contributed by atoms with Gasteiger partial charge in [-0.2, -0.15) is 11.8 Å². The number of alkyl halides is 1. The van der Waals surface area contributed by atoms with Crippen molar-refractivity contribution in [1.82, 2.24) is 0 Å². The molecule has 0 amide bonds. The smallest absolute Gasteiger partial charge is 0.00700 e. The second-order valence-corrected chi connectivity index (χ2v) is 6.38. The quantitative estimate of drug-likeness (QED) is 0.667. The number of thioether (sulfide) groups is 1. The van der Waals surface area contributed by atoms with Gasteiger partial charge in [0.15, 0.2) is 0 Å². The Morgan fingerprint density at radius 3 is 2.38 bits per heavy atom. The molecular formula is C11H21BrS. The molecule has 0 aliphatic heterocycles. The number of rotatable bonds is 5. The van der Waals surface area contributed by atoms with Crippen LogP contribution in [-0.2, 0) is 0 Å². The van der Waals surface area contributed by atoms with E-state index in [1.807, 2.05) is 0 Å². The van der Waals surface area contributed by atoms with Crippen molar-refractivity contribution in [1.29, 1.82) is 0 Å². The summed E-state index contributed by atoms with van der Waals surface area (Å²) in [5.74, 6) is 3.05. The van der Waals surface area contributed by atoms with Crippen molar-refractivity contribution in [2.75, 3.05) is 11.1 Å². The lowest BCUT2D eigenvalue weighted by molar-refractivity contribution is 0.474. The fraction of sp³-hybridized carbons (Fsp3) is 1.00. The maximum Gasteiger partial charge on any atom is 0.00700 e. The van der Waals surface area contributed by atoms with Gasteiger partial charge in [0, 0.05) is 10.6 Å². The van der Waals surface area contributed by atoms with Crippen molar-refractivity contribution >= 4 is 27.7 Å². The average Bonchev–Trinajstić information content (AvgIpc) is 2.57. The third-order valence-electron chi connectivity index (χ3n) is 2.99. The van der Waals surface area contributed by atoms with Crippen LogP contribution in [0, 0.1) is 11.8 Å². The van der Waals surface area contributed by atoms with E-state index in [2.05, 4.69) is 41.5 Å². The molecule has 0 aromatic heterocycles. The second kappa shape index (κ2) is 6.34. The summed E-state index contributed by atoms with van der Waals surface area (Å²) in [5, 5.41) is 2.16. The highest BCUT2D eigenvalue weighted by molar-refractivity contribution is 9.09. The highest BCUT2D eigenvalue weighted by Crippen LogP contribution is 2.32. The van der Waals surface area contributed by atoms with E-state index in [4.69, 9.17) is 0 Å². The van der Waals surface area contributed by atoms with Crippen molar-refractivity contribution in [2.45, 2.75) is 44.8 Å². The predicted octanol–water partition coefficient (Wildman–Crippen LogP) is 4.33. The van der Waals surface area contributed by atoms with Crippen molar-refractivity contribution in [3.63, 3.8) is 0 Å². The third-order valence-corrected chi connectivity index (χ3v) is 5.38. The number of hydrogen-bond acceptors (Lipinski definition) is 1. The molecule has 78 valence electrons. The lowest BCUT2D eigenvalue weighted by Crippen LogP contribution is -2.14. The van der Waals surface area contributed by atoms with Gasteiger partial charge >= 0.3 is 0 Å². The van der Waals surface area contributed by atoms with Crippen LogP contribution < -0.4 is 0 Å². The molecule has 0 spiro atoms. The largest absolute Gasteiger partial charge is 0.158 e. The van der Waals surface area contributed by atoms with Crippen molar-refractivity contribution in [3.05, 3.63) is 0 Å². The molecule has 1 aliphatic rings. The lowest BCUT2D eigenvalue weighted by Gasteiger charge is -2.19. The monoisotopic (exact) mass is 264 g/mol. The van der Waals surface area contributed by atoms with Crippen LogP contribution in [0.15, 0.2) is 0 Å².